The van der Waals surface area contributed by atoms with E-state index in [2.05, 4.69) is 21.7 Å². The lowest BCUT2D eigenvalue weighted by Gasteiger charge is -2.22. The fourth-order valence-electron chi connectivity index (χ4n) is 2.84. The number of carbonyl (C=O) groups is 2. The van der Waals surface area contributed by atoms with E-state index in [1.807, 2.05) is 18.2 Å². The Kier molecular flexibility index (Phi) is 6.20. The molecule has 1 fully saturated rings. The third kappa shape index (κ3) is 5.01. The van der Waals surface area contributed by atoms with E-state index in [9.17, 15) is 9.59 Å². The lowest BCUT2D eigenvalue weighted by molar-refractivity contribution is -0.117. The number of hydrogen-bond acceptors (Lipinski definition) is 5. The monoisotopic (exact) mass is 363 g/mol. The van der Waals surface area contributed by atoms with Gasteiger partial charge in [0.15, 0.2) is 0 Å². The number of imide groups is 1. The Labute approximate surface area is 150 Å². The first-order chi connectivity index (χ1) is 11.7. The van der Waals surface area contributed by atoms with E-state index in [1.165, 1.54) is 23.7 Å². The molecule has 0 unspecified atom stereocenters. The molecule has 0 atom stereocenters. The zero-order chi connectivity index (χ0) is 16.8. The molecule has 24 heavy (non-hydrogen) atoms. The topological polar surface area (TPSA) is 70.6 Å². The second-order valence-corrected chi connectivity index (χ2v) is 8.13. The van der Waals surface area contributed by atoms with Crippen LogP contribution in [0.5, 0.6) is 0 Å². The molecule has 1 aromatic rings. The normalized spacial score (nSPS) is 17.6. The van der Waals surface area contributed by atoms with Crippen LogP contribution >= 0.6 is 23.5 Å². The highest BCUT2D eigenvalue weighted by molar-refractivity contribution is 8.38. The van der Waals surface area contributed by atoms with Gasteiger partial charge in [-0.05, 0) is 24.5 Å². The summed E-state index contributed by atoms with van der Waals surface area (Å²) in [6.45, 7) is 0. The van der Waals surface area contributed by atoms with E-state index >= 15 is 0 Å². The number of fused-ring (bicyclic) bond motifs is 1. The van der Waals surface area contributed by atoms with E-state index in [-0.39, 0.29) is 23.7 Å². The molecule has 0 spiro atoms. The van der Waals surface area contributed by atoms with Gasteiger partial charge in [-0.25, -0.2) is 9.79 Å². The molecule has 1 saturated carbocycles. The van der Waals surface area contributed by atoms with Crippen molar-refractivity contribution in [3.05, 3.63) is 29.8 Å². The van der Waals surface area contributed by atoms with Crippen molar-refractivity contribution in [3.63, 3.8) is 0 Å². The quantitative estimate of drug-likeness (QED) is 0.857. The average molecular weight is 364 g/mol. The number of hydrogen-bond donors (Lipinski definition) is 2. The van der Waals surface area contributed by atoms with Crippen LogP contribution in [0.4, 0.5) is 10.5 Å². The predicted molar refractivity (Wildman–Crippen MR) is 101 cm³/mol. The molecule has 3 rings (SSSR count). The van der Waals surface area contributed by atoms with Crippen molar-refractivity contribution in [1.82, 2.24) is 10.6 Å². The molecule has 0 saturated heterocycles. The average Bonchev–Trinajstić information content (AvgIpc) is 2.60. The van der Waals surface area contributed by atoms with Crippen molar-refractivity contribution in [1.29, 1.82) is 0 Å². The van der Waals surface area contributed by atoms with Crippen LogP contribution in [0.25, 0.3) is 0 Å². The summed E-state index contributed by atoms with van der Waals surface area (Å²) in [5.74, 6) is 0.785. The molecule has 0 bridgehead atoms. The fourth-order valence-corrected chi connectivity index (χ4v) is 4.71. The summed E-state index contributed by atoms with van der Waals surface area (Å²) in [6.07, 6.45) is 5.53. The molecule has 5 nitrogen and oxygen atoms in total. The lowest BCUT2D eigenvalue weighted by atomic mass is 9.96. The van der Waals surface area contributed by atoms with Gasteiger partial charge in [-0.1, -0.05) is 61.0 Å². The van der Waals surface area contributed by atoms with Crippen LogP contribution in [0, 0.1) is 0 Å². The number of rotatable bonds is 3. The number of nitrogens with one attached hydrogen (secondary N) is 2. The third-order valence-corrected chi connectivity index (χ3v) is 6.32. The molecule has 1 aliphatic carbocycles. The first kappa shape index (κ1) is 17.4. The number of urea groups is 1. The zero-order valence-electron chi connectivity index (χ0n) is 13.4. The minimum absolute atomic E-state index is 0.200. The molecule has 1 heterocycles. The number of para-hydroxylation sites is 1. The van der Waals surface area contributed by atoms with Gasteiger partial charge in [-0.15, -0.1) is 0 Å². The Morgan fingerprint density at radius 2 is 2.00 bits per heavy atom. The minimum Gasteiger partial charge on any atom is -0.335 e. The number of carbonyl (C=O) groups excluding carboxylic acids is 2. The maximum absolute atomic E-state index is 11.9. The van der Waals surface area contributed by atoms with Crippen molar-refractivity contribution in [3.8, 4) is 0 Å². The minimum atomic E-state index is -0.379. The van der Waals surface area contributed by atoms with Crippen LogP contribution in [0.1, 0.15) is 37.7 Å². The van der Waals surface area contributed by atoms with Crippen molar-refractivity contribution < 1.29 is 9.59 Å². The molecule has 2 aliphatic rings. The first-order valence-corrected chi connectivity index (χ1v) is 10.2. The van der Waals surface area contributed by atoms with Crippen molar-refractivity contribution in [2.75, 3.05) is 5.75 Å². The SMILES string of the molecule is O=C(CSC1=Nc2ccccc2CS1)NC(=O)NC1CCCCC1. The van der Waals surface area contributed by atoms with Crippen LogP contribution in [0.3, 0.4) is 0 Å². The van der Waals surface area contributed by atoms with Gasteiger partial charge in [0, 0.05) is 11.8 Å². The maximum atomic E-state index is 11.9. The molecule has 3 amide bonds. The van der Waals surface area contributed by atoms with Crippen LogP contribution < -0.4 is 10.6 Å². The molecule has 0 aromatic heterocycles. The summed E-state index contributed by atoms with van der Waals surface area (Å²) in [5, 5.41) is 5.30. The number of nitrogens with zero attached hydrogens (tertiary/aromatic N) is 1. The molecule has 0 radical (unpaired) electrons. The van der Waals surface area contributed by atoms with E-state index in [1.54, 1.807) is 11.8 Å². The molecular weight excluding hydrogens is 342 g/mol. The standard InChI is InChI=1S/C17H21N3O2S2/c21-15(20-16(22)18-13-7-2-1-3-8-13)11-24-17-19-14-9-5-4-6-12(14)10-23-17/h4-6,9,13H,1-3,7-8,10-11H2,(H2,18,20,21,22). The van der Waals surface area contributed by atoms with Crippen molar-refractivity contribution >= 4 is 45.5 Å². The van der Waals surface area contributed by atoms with Gasteiger partial charge >= 0.3 is 6.03 Å². The number of benzene rings is 1. The molecule has 128 valence electrons. The molecule has 7 heteroatoms. The summed E-state index contributed by atoms with van der Waals surface area (Å²) < 4.78 is 0.872. The van der Waals surface area contributed by atoms with E-state index in [0.29, 0.717) is 0 Å². The Hall–Kier alpha value is -1.47. The summed E-state index contributed by atoms with van der Waals surface area (Å²) in [7, 11) is 0. The van der Waals surface area contributed by atoms with E-state index < -0.39 is 0 Å². The van der Waals surface area contributed by atoms with E-state index in [0.717, 1.165) is 41.5 Å². The predicted octanol–water partition coefficient (Wildman–Crippen LogP) is 3.81. The highest BCUT2D eigenvalue weighted by atomic mass is 32.2. The largest absolute Gasteiger partial charge is 0.335 e. The van der Waals surface area contributed by atoms with Crippen molar-refractivity contribution in [2.45, 2.75) is 43.9 Å². The van der Waals surface area contributed by atoms with Crippen molar-refractivity contribution in [2.24, 2.45) is 4.99 Å². The highest BCUT2D eigenvalue weighted by Crippen LogP contribution is 2.34. The molecule has 1 aromatic carbocycles. The third-order valence-electron chi connectivity index (χ3n) is 4.07. The van der Waals surface area contributed by atoms with Crippen LogP contribution in [-0.2, 0) is 10.5 Å². The highest BCUT2D eigenvalue weighted by Gasteiger charge is 2.18. The van der Waals surface area contributed by atoms with Crippen LogP contribution in [0.2, 0.25) is 0 Å². The van der Waals surface area contributed by atoms with Gasteiger partial charge < -0.3 is 5.32 Å². The molecule has 1 aliphatic heterocycles. The lowest BCUT2D eigenvalue weighted by Crippen LogP contribution is -2.45. The number of amides is 3. The zero-order valence-corrected chi connectivity index (χ0v) is 15.0. The van der Waals surface area contributed by atoms with Gasteiger partial charge in [0.05, 0.1) is 11.4 Å². The second-order valence-electron chi connectivity index (χ2n) is 5.94. The van der Waals surface area contributed by atoms with Gasteiger partial charge in [0.2, 0.25) is 5.91 Å². The Bertz CT molecular complexity index is 642. The van der Waals surface area contributed by atoms with E-state index in [4.69, 9.17) is 0 Å². The summed E-state index contributed by atoms with van der Waals surface area (Å²) in [5.41, 5.74) is 2.18. The number of thioether (sulfide) groups is 2. The number of aliphatic imine (C=N–C) groups is 1. The molecule has 2 N–H and O–H groups in total. The van der Waals surface area contributed by atoms with Gasteiger partial charge in [-0.3, -0.25) is 10.1 Å². The molecular formula is C17H21N3O2S2. The Morgan fingerprint density at radius 1 is 1.21 bits per heavy atom. The van der Waals surface area contributed by atoms with Crippen LogP contribution in [0.15, 0.2) is 29.3 Å². The van der Waals surface area contributed by atoms with Gasteiger partial charge in [0.25, 0.3) is 0 Å². The maximum Gasteiger partial charge on any atom is 0.321 e. The summed E-state index contributed by atoms with van der Waals surface area (Å²) >= 11 is 3.01. The Morgan fingerprint density at radius 3 is 2.83 bits per heavy atom. The summed E-state index contributed by atoms with van der Waals surface area (Å²) in [6, 6.07) is 7.84. The smallest absolute Gasteiger partial charge is 0.321 e. The van der Waals surface area contributed by atoms with Crippen LogP contribution in [-0.4, -0.2) is 28.1 Å². The first-order valence-electron chi connectivity index (χ1n) is 8.23. The van der Waals surface area contributed by atoms with Gasteiger partial charge in [-0.2, -0.15) is 0 Å². The summed E-state index contributed by atoms with van der Waals surface area (Å²) in [4.78, 5) is 28.3. The second kappa shape index (κ2) is 8.58. The van der Waals surface area contributed by atoms with Gasteiger partial charge in [0.1, 0.15) is 4.38 Å². The Balaban J connectivity index is 1.42. The fraction of sp³-hybridized carbons (Fsp3) is 0.471.